The third-order valence-electron chi connectivity index (χ3n) is 7.08. The maximum Gasteiger partial charge on any atom is 0.416 e. The first-order chi connectivity index (χ1) is 17.8. The van der Waals surface area contributed by atoms with Gasteiger partial charge in [0.1, 0.15) is 0 Å². The third-order valence-corrected chi connectivity index (χ3v) is 7.08. The number of ketones is 1. The number of carbonyl (C=O) groups excluding carboxylic acids is 2. The third kappa shape index (κ3) is 4.45. The van der Waals surface area contributed by atoms with Gasteiger partial charge in [0.15, 0.2) is 17.3 Å². The Labute approximate surface area is 212 Å². The number of nitro benzene ring substituents is 1. The molecule has 1 N–H and O–H groups in total. The maximum absolute atomic E-state index is 14.6. The molecule has 5 rings (SSSR count). The molecule has 0 aliphatic carbocycles. The molecule has 0 saturated carbocycles. The molecule has 2 aromatic carbocycles. The molecule has 0 spiro atoms. The number of amides is 1. The van der Waals surface area contributed by atoms with E-state index in [1.807, 2.05) is 4.90 Å². The smallest absolute Gasteiger partial charge is 0.416 e. The fourth-order valence-electron chi connectivity index (χ4n) is 5.27. The first-order valence-electron chi connectivity index (χ1n) is 12.2. The fraction of sp³-hybridized carbons (Fsp3) is 0.385. The summed E-state index contributed by atoms with van der Waals surface area (Å²) in [5.74, 6) is -1.41. The number of nitrogens with zero attached hydrogens (tertiary/aromatic N) is 3. The van der Waals surface area contributed by atoms with E-state index in [0.717, 1.165) is 12.8 Å². The van der Waals surface area contributed by atoms with Gasteiger partial charge in [-0.3, -0.25) is 14.9 Å². The van der Waals surface area contributed by atoms with Gasteiger partial charge in [0, 0.05) is 50.3 Å². The standard InChI is InChI=1S/C26H27FN4O6/c1-15-11-17(31(34)35)13-18-23(15)30(14-19(24(18)32)16-5-6-22(36-2)20(27)12-16)21-7-8-28-25(21)37-26(33)29-9-3-4-10-29/h5-6,11-13,19,28H,3-4,7-10,14H2,1-2H3/t19-/m1/s1. The van der Waals surface area contributed by atoms with E-state index in [1.54, 1.807) is 17.9 Å². The van der Waals surface area contributed by atoms with Gasteiger partial charge in [0.25, 0.3) is 5.69 Å². The Morgan fingerprint density at radius 3 is 2.65 bits per heavy atom. The molecule has 3 aliphatic rings. The number of carbonyl (C=O) groups is 2. The van der Waals surface area contributed by atoms with Gasteiger partial charge in [0.2, 0.25) is 5.88 Å². The number of nitro groups is 1. The number of ether oxygens (including phenoxy) is 2. The van der Waals surface area contributed by atoms with Crippen molar-refractivity contribution < 1.29 is 28.4 Å². The summed E-state index contributed by atoms with van der Waals surface area (Å²) >= 11 is 0. The average Bonchev–Trinajstić information content (AvgIpc) is 3.57. The van der Waals surface area contributed by atoms with Gasteiger partial charge in [-0.15, -0.1) is 0 Å². The highest BCUT2D eigenvalue weighted by Crippen LogP contribution is 2.43. The van der Waals surface area contributed by atoms with Gasteiger partial charge in [-0.05, 0) is 43.0 Å². The number of fused-ring (bicyclic) bond motifs is 1. The maximum atomic E-state index is 14.6. The van der Waals surface area contributed by atoms with Crippen LogP contribution in [0.3, 0.4) is 0 Å². The summed E-state index contributed by atoms with van der Waals surface area (Å²) in [6, 6.07) is 7.02. The molecule has 1 saturated heterocycles. The summed E-state index contributed by atoms with van der Waals surface area (Å²) in [6.45, 7) is 3.65. The van der Waals surface area contributed by atoms with Gasteiger partial charge in [0.05, 0.1) is 29.3 Å². The number of likely N-dealkylation sites (tertiary alicyclic amines) is 1. The van der Waals surface area contributed by atoms with E-state index in [4.69, 9.17) is 9.47 Å². The van der Waals surface area contributed by atoms with Gasteiger partial charge in [-0.1, -0.05) is 6.07 Å². The molecule has 3 aliphatic heterocycles. The number of hydrogen-bond donors (Lipinski definition) is 1. The molecular formula is C26H27FN4O6. The number of hydrogen-bond acceptors (Lipinski definition) is 8. The summed E-state index contributed by atoms with van der Waals surface area (Å²) in [5, 5.41) is 14.7. The van der Waals surface area contributed by atoms with E-state index in [2.05, 4.69) is 5.32 Å². The number of Topliss-reactive ketones (excluding diaryl/α,β-unsaturated/α-hetero) is 1. The SMILES string of the molecule is COc1ccc([C@H]2CN(C3=C(OC(=O)N4CCCC4)NCC3)c3c(C)cc([N+](=O)[O-])cc3C2=O)cc1F. The van der Waals surface area contributed by atoms with Crippen LogP contribution in [0, 0.1) is 22.9 Å². The molecule has 3 heterocycles. The molecule has 2 aromatic rings. The van der Waals surface area contributed by atoms with Crippen molar-refractivity contribution in [1.29, 1.82) is 0 Å². The van der Waals surface area contributed by atoms with Crippen molar-refractivity contribution in [2.45, 2.75) is 32.1 Å². The number of nitrogens with one attached hydrogen (secondary N) is 1. The van der Waals surface area contributed by atoms with Crippen LogP contribution in [0.25, 0.3) is 0 Å². The van der Waals surface area contributed by atoms with Crippen LogP contribution in [0.4, 0.5) is 20.6 Å². The Balaban J connectivity index is 1.60. The highest BCUT2D eigenvalue weighted by molar-refractivity contribution is 6.09. The van der Waals surface area contributed by atoms with Gasteiger partial charge in [-0.25, -0.2) is 9.18 Å². The fourth-order valence-corrected chi connectivity index (χ4v) is 5.27. The molecule has 0 radical (unpaired) electrons. The average molecular weight is 511 g/mol. The molecule has 1 fully saturated rings. The zero-order chi connectivity index (χ0) is 26.3. The molecule has 0 unspecified atom stereocenters. The van der Waals surface area contributed by atoms with E-state index < -0.39 is 22.8 Å². The topological polar surface area (TPSA) is 114 Å². The lowest BCUT2D eigenvalue weighted by atomic mass is 9.84. The first-order valence-corrected chi connectivity index (χ1v) is 12.2. The number of aryl methyl sites for hydroxylation is 1. The molecule has 0 bridgehead atoms. The van der Waals surface area contributed by atoms with E-state index in [9.17, 15) is 24.1 Å². The molecule has 37 heavy (non-hydrogen) atoms. The molecular weight excluding hydrogens is 483 g/mol. The number of non-ortho nitro benzene ring substituents is 1. The minimum atomic E-state index is -0.807. The number of anilines is 1. The van der Waals surface area contributed by atoms with Gasteiger partial charge in [-0.2, -0.15) is 0 Å². The Bertz CT molecular complexity index is 1320. The van der Waals surface area contributed by atoms with Gasteiger partial charge < -0.3 is 24.6 Å². The van der Waals surface area contributed by atoms with Crippen LogP contribution >= 0.6 is 0 Å². The second-order valence-electron chi connectivity index (χ2n) is 9.35. The molecule has 10 nitrogen and oxygen atoms in total. The lowest BCUT2D eigenvalue weighted by Crippen LogP contribution is -2.39. The quantitative estimate of drug-likeness (QED) is 0.470. The number of rotatable bonds is 5. The summed E-state index contributed by atoms with van der Waals surface area (Å²) < 4.78 is 25.3. The van der Waals surface area contributed by atoms with Crippen molar-refractivity contribution in [1.82, 2.24) is 10.2 Å². The number of halogens is 1. The monoisotopic (exact) mass is 510 g/mol. The van der Waals surface area contributed by atoms with Crippen LogP contribution in [0.5, 0.6) is 5.75 Å². The Kier molecular flexibility index (Phi) is 6.45. The highest BCUT2D eigenvalue weighted by atomic mass is 19.1. The van der Waals surface area contributed by atoms with Crippen molar-refractivity contribution in [2.24, 2.45) is 0 Å². The normalized spacial score (nSPS) is 19.1. The number of benzene rings is 2. The molecule has 11 heteroatoms. The van der Waals surface area contributed by atoms with Crippen molar-refractivity contribution in [3.05, 3.63) is 74.5 Å². The molecule has 0 aromatic heterocycles. The van der Waals surface area contributed by atoms with Crippen molar-refractivity contribution in [2.75, 3.05) is 38.2 Å². The lowest BCUT2D eigenvalue weighted by molar-refractivity contribution is -0.384. The largest absolute Gasteiger partial charge is 0.494 e. The van der Waals surface area contributed by atoms with Crippen LogP contribution in [-0.2, 0) is 4.74 Å². The minimum absolute atomic E-state index is 0.0505. The van der Waals surface area contributed by atoms with Crippen LogP contribution in [0.15, 0.2) is 41.9 Å². The Morgan fingerprint density at radius 1 is 1.22 bits per heavy atom. The molecule has 194 valence electrons. The van der Waals surface area contributed by atoms with Crippen LogP contribution in [0.2, 0.25) is 0 Å². The van der Waals surface area contributed by atoms with E-state index in [1.165, 1.54) is 31.4 Å². The highest BCUT2D eigenvalue weighted by Gasteiger charge is 2.39. The lowest BCUT2D eigenvalue weighted by Gasteiger charge is -2.37. The summed E-state index contributed by atoms with van der Waals surface area (Å²) in [5.41, 5.74) is 2.12. The second-order valence-corrected chi connectivity index (χ2v) is 9.35. The second kappa shape index (κ2) is 9.72. The molecule has 1 amide bonds. The van der Waals surface area contributed by atoms with Crippen LogP contribution in [0.1, 0.15) is 46.7 Å². The summed E-state index contributed by atoms with van der Waals surface area (Å²) in [7, 11) is 1.36. The van der Waals surface area contributed by atoms with Crippen molar-refractivity contribution in [3.63, 3.8) is 0 Å². The van der Waals surface area contributed by atoms with E-state index >= 15 is 0 Å². The Morgan fingerprint density at radius 2 is 1.97 bits per heavy atom. The number of methoxy groups -OCH3 is 1. The predicted molar refractivity (Wildman–Crippen MR) is 132 cm³/mol. The zero-order valence-corrected chi connectivity index (χ0v) is 20.6. The molecule has 1 atom stereocenters. The van der Waals surface area contributed by atoms with Crippen molar-refractivity contribution >= 4 is 23.3 Å². The van der Waals surface area contributed by atoms with Crippen LogP contribution < -0.4 is 15.0 Å². The van der Waals surface area contributed by atoms with E-state index in [0.29, 0.717) is 54.4 Å². The predicted octanol–water partition coefficient (Wildman–Crippen LogP) is 4.23. The van der Waals surface area contributed by atoms with Gasteiger partial charge >= 0.3 is 6.09 Å². The first kappa shape index (κ1) is 24.5. The van der Waals surface area contributed by atoms with Crippen LogP contribution in [-0.4, -0.2) is 55.0 Å². The zero-order valence-electron chi connectivity index (χ0n) is 20.6. The summed E-state index contributed by atoms with van der Waals surface area (Å²) in [6.07, 6.45) is 1.92. The minimum Gasteiger partial charge on any atom is -0.494 e. The van der Waals surface area contributed by atoms with Crippen molar-refractivity contribution in [3.8, 4) is 5.75 Å². The summed E-state index contributed by atoms with van der Waals surface area (Å²) in [4.78, 5) is 41.0. The van der Waals surface area contributed by atoms with E-state index in [-0.39, 0.29) is 29.3 Å². The Hall–Kier alpha value is -4.15.